The van der Waals surface area contributed by atoms with E-state index in [1.165, 1.54) is 11.0 Å². The molecule has 0 bridgehead atoms. The second kappa shape index (κ2) is 11.1. The average Bonchev–Trinajstić information content (AvgIpc) is 3.10. The summed E-state index contributed by atoms with van der Waals surface area (Å²) in [5.74, 6) is -1.62. The fraction of sp³-hybridized carbons (Fsp3) is 0.500. The van der Waals surface area contributed by atoms with Crippen molar-refractivity contribution in [2.24, 2.45) is 5.41 Å². The molecule has 1 aromatic rings. The summed E-state index contributed by atoms with van der Waals surface area (Å²) in [5, 5.41) is 30.9. The molecule has 1 aromatic carbocycles. The van der Waals surface area contributed by atoms with Crippen molar-refractivity contribution in [1.82, 2.24) is 10.2 Å². The largest absolute Gasteiger partial charge is 0.475 e. The summed E-state index contributed by atoms with van der Waals surface area (Å²) in [4.78, 5) is 26.2. The van der Waals surface area contributed by atoms with E-state index in [2.05, 4.69) is 5.32 Å². The quantitative estimate of drug-likeness (QED) is 0.334. The summed E-state index contributed by atoms with van der Waals surface area (Å²) in [6.07, 6.45) is -0.544. The van der Waals surface area contributed by atoms with Crippen LogP contribution in [0.15, 0.2) is 42.0 Å². The monoisotopic (exact) mass is 445 g/mol. The highest BCUT2D eigenvalue weighted by Crippen LogP contribution is 2.25. The van der Waals surface area contributed by atoms with Gasteiger partial charge in [0.1, 0.15) is 24.4 Å². The lowest BCUT2D eigenvalue weighted by Crippen LogP contribution is -2.49. The Hall–Kier alpha value is -2.90. The molecule has 3 atom stereocenters. The van der Waals surface area contributed by atoms with E-state index in [1.807, 2.05) is 32.9 Å². The fourth-order valence-corrected chi connectivity index (χ4v) is 3.46. The van der Waals surface area contributed by atoms with E-state index < -0.39 is 42.7 Å². The van der Waals surface area contributed by atoms with Gasteiger partial charge in [-0.25, -0.2) is 9.18 Å². The summed E-state index contributed by atoms with van der Waals surface area (Å²) in [6, 6.07) is 10.1. The van der Waals surface area contributed by atoms with Crippen LogP contribution in [0.2, 0.25) is 0 Å². The number of alkyl carbamates (subject to hydrolysis) is 1. The molecule has 32 heavy (non-hydrogen) atoms. The molecule has 172 valence electrons. The van der Waals surface area contributed by atoms with Gasteiger partial charge in [-0.1, -0.05) is 57.2 Å². The normalized spacial score (nSPS) is 19.8. The predicted molar refractivity (Wildman–Crippen MR) is 117 cm³/mol. The number of hydrogen-bond acceptors (Lipinski definition) is 6. The SMILES string of the molecule is CC(C)(C)/C=C(\C#N)C(=O)N1C[C@@H](F)C[C@@H]1COC(=O)NC(Cc1ccccc1)B(O)O. The van der Waals surface area contributed by atoms with Gasteiger partial charge in [-0.15, -0.1) is 0 Å². The summed E-state index contributed by atoms with van der Waals surface area (Å²) in [7, 11) is -1.82. The van der Waals surface area contributed by atoms with Crippen LogP contribution in [-0.2, 0) is 16.0 Å². The highest BCUT2D eigenvalue weighted by atomic mass is 19.1. The van der Waals surface area contributed by atoms with E-state index in [4.69, 9.17) is 4.74 Å². The maximum atomic E-state index is 14.1. The smallest absolute Gasteiger partial charge is 0.447 e. The molecule has 2 rings (SSSR count). The lowest BCUT2D eigenvalue weighted by atomic mass is 9.76. The molecule has 8 nitrogen and oxygen atoms in total. The summed E-state index contributed by atoms with van der Waals surface area (Å²) >= 11 is 0. The molecule has 0 aromatic heterocycles. The molecule has 2 amide bonds. The molecular formula is C22H29BFN3O5. The molecule has 1 heterocycles. The third-order valence-electron chi connectivity index (χ3n) is 4.92. The van der Waals surface area contributed by atoms with Crippen LogP contribution < -0.4 is 5.32 Å². The molecule has 1 unspecified atom stereocenters. The van der Waals surface area contributed by atoms with E-state index >= 15 is 0 Å². The second-order valence-electron chi connectivity index (χ2n) is 8.93. The molecule has 10 heteroatoms. The number of likely N-dealkylation sites (tertiary alicyclic amines) is 1. The van der Waals surface area contributed by atoms with Crippen LogP contribution in [0.1, 0.15) is 32.8 Å². The first-order valence-electron chi connectivity index (χ1n) is 10.4. The molecule has 0 radical (unpaired) electrons. The van der Waals surface area contributed by atoms with E-state index in [9.17, 15) is 29.3 Å². The van der Waals surface area contributed by atoms with E-state index in [1.54, 1.807) is 24.3 Å². The minimum absolute atomic E-state index is 0.0245. The standard InChI is InChI=1S/C22H29BFN3O5/c1-22(2,3)11-16(12-25)20(28)27-13-17(24)10-18(27)14-32-21(29)26-19(23(30)31)9-15-7-5-4-6-8-15/h4-8,11,17-19,30-31H,9-10,13-14H2,1-3H3,(H,26,29)/b16-11+/t17-,18+,19?/m0/s1. The average molecular weight is 445 g/mol. The number of carbonyl (C=O) groups excluding carboxylic acids is 2. The zero-order valence-corrected chi connectivity index (χ0v) is 18.5. The van der Waals surface area contributed by atoms with Crippen molar-refractivity contribution >= 4 is 19.1 Å². The molecule has 0 aliphatic carbocycles. The van der Waals surface area contributed by atoms with Crippen molar-refractivity contribution in [2.75, 3.05) is 13.2 Å². The predicted octanol–water partition coefficient (Wildman–Crippen LogP) is 1.77. The highest BCUT2D eigenvalue weighted by molar-refractivity contribution is 6.43. The van der Waals surface area contributed by atoms with Gasteiger partial charge in [-0.2, -0.15) is 5.26 Å². The zero-order chi connectivity index (χ0) is 23.9. The van der Waals surface area contributed by atoms with Gasteiger partial charge in [0.25, 0.3) is 5.91 Å². The Kier molecular flexibility index (Phi) is 8.81. The van der Waals surface area contributed by atoms with Gasteiger partial charge in [0.15, 0.2) is 0 Å². The van der Waals surface area contributed by atoms with E-state index in [0.717, 1.165) is 5.56 Å². The number of rotatable bonds is 7. The van der Waals surface area contributed by atoms with E-state index in [-0.39, 0.29) is 31.6 Å². The first-order chi connectivity index (χ1) is 15.0. The molecule has 3 N–H and O–H groups in total. The first-order valence-corrected chi connectivity index (χ1v) is 10.4. The topological polar surface area (TPSA) is 123 Å². The summed E-state index contributed by atoms with van der Waals surface area (Å²) in [6.45, 7) is 5.04. The van der Waals surface area contributed by atoms with Crippen molar-refractivity contribution in [3.63, 3.8) is 0 Å². The minimum Gasteiger partial charge on any atom is -0.447 e. The number of hydrogen-bond donors (Lipinski definition) is 3. The molecule has 1 saturated heterocycles. The van der Waals surface area contributed by atoms with Crippen LogP contribution in [0.3, 0.4) is 0 Å². The van der Waals surface area contributed by atoms with Gasteiger partial charge in [-0.3, -0.25) is 4.79 Å². The lowest BCUT2D eigenvalue weighted by Gasteiger charge is -2.25. The van der Waals surface area contributed by atoms with Crippen molar-refractivity contribution < 1.29 is 28.8 Å². The number of benzene rings is 1. The van der Waals surface area contributed by atoms with Gasteiger partial charge in [0.05, 0.1) is 18.5 Å². The van der Waals surface area contributed by atoms with Gasteiger partial charge >= 0.3 is 13.2 Å². The van der Waals surface area contributed by atoms with Crippen LogP contribution in [-0.4, -0.2) is 65.4 Å². The maximum absolute atomic E-state index is 14.1. The Morgan fingerprint density at radius 2 is 2.03 bits per heavy atom. The van der Waals surface area contributed by atoms with Gasteiger partial charge in [-0.05, 0) is 17.4 Å². The zero-order valence-electron chi connectivity index (χ0n) is 18.5. The van der Waals surface area contributed by atoms with Crippen LogP contribution in [0.25, 0.3) is 0 Å². The Labute approximate surface area is 187 Å². The Morgan fingerprint density at radius 1 is 1.38 bits per heavy atom. The number of ether oxygens (including phenoxy) is 1. The minimum atomic E-state index is -1.82. The number of carbonyl (C=O) groups is 2. The van der Waals surface area contributed by atoms with Crippen LogP contribution in [0.5, 0.6) is 0 Å². The van der Waals surface area contributed by atoms with Crippen LogP contribution in [0.4, 0.5) is 9.18 Å². The molecule has 0 saturated carbocycles. The molecule has 1 fully saturated rings. The molecular weight excluding hydrogens is 416 g/mol. The van der Waals surface area contributed by atoms with Crippen molar-refractivity contribution in [3.8, 4) is 6.07 Å². The number of alkyl halides is 1. The Morgan fingerprint density at radius 3 is 2.59 bits per heavy atom. The van der Waals surface area contributed by atoms with Crippen molar-refractivity contribution in [2.45, 2.75) is 51.8 Å². The molecule has 1 aliphatic heterocycles. The van der Waals surface area contributed by atoms with Crippen molar-refractivity contribution in [1.29, 1.82) is 5.26 Å². The fourth-order valence-electron chi connectivity index (χ4n) is 3.46. The molecule has 0 spiro atoms. The number of allylic oxidation sites excluding steroid dienone is 1. The van der Waals surface area contributed by atoms with Gasteiger partial charge in [0, 0.05) is 6.42 Å². The van der Waals surface area contributed by atoms with Gasteiger partial charge in [0.2, 0.25) is 0 Å². The number of amides is 2. The first kappa shape index (κ1) is 25.4. The van der Waals surface area contributed by atoms with Gasteiger partial charge < -0.3 is 25.0 Å². The number of halogens is 1. The molecule has 1 aliphatic rings. The number of nitriles is 1. The van der Waals surface area contributed by atoms with Crippen molar-refractivity contribution in [3.05, 3.63) is 47.5 Å². The number of nitrogens with zero attached hydrogens (tertiary/aromatic N) is 2. The van der Waals surface area contributed by atoms with E-state index in [0.29, 0.717) is 0 Å². The lowest BCUT2D eigenvalue weighted by molar-refractivity contribution is -0.128. The Balaban J connectivity index is 1.99. The Bertz CT molecular complexity index is 867. The number of nitrogens with one attached hydrogen (secondary N) is 1. The van der Waals surface area contributed by atoms with Crippen LogP contribution in [0, 0.1) is 16.7 Å². The summed E-state index contributed by atoms with van der Waals surface area (Å²) in [5.41, 5.74) is 0.279. The van der Waals surface area contributed by atoms with Crippen LogP contribution >= 0.6 is 0 Å². The second-order valence-corrected chi connectivity index (χ2v) is 8.93. The third kappa shape index (κ3) is 7.66. The maximum Gasteiger partial charge on any atom is 0.475 e. The third-order valence-corrected chi connectivity index (χ3v) is 4.92. The highest BCUT2D eigenvalue weighted by Gasteiger charge is 2.38. The summed E-state index contributed by atoms with van der Waals surface area (Å²) < 4.78 is 19.2.